The molecule has 0 amide bonds. The Morgan fingerprint density at radius 2 is 1.10 bits per heavy atom. The fraction of sp³-hybridized carbons (Fsp3) is 0.172. The molecule has 156 valence electrons. The summed E-state index contributed by atoms with van der Waals surface area (Å²) in [5.41, 5.74) is 3.98. The van der Waals surface area contributed by atoms with Crippen LogP contribution in [0.1, 0.15) is 33.7 Å². The molecule has 0 aliphatic carbocycles. The van der Waals surface area contributed by atoms with Gasteiger partial charge in [0, 0.05) is 12.5 Å². The third-order valence-electron chi connectivity index (χ3n) is 5.83. The first-order valence-electron chi connectivity index (χ1n) is 10.7. The molecule has 0 heterocycles. The van der Waals surface area contributed by atoms with Crippen LogP contribution in [0.15, 0.2) is 115 Å². The van der Waals surface area contributed by atoms with Gasteiger partial charge < -0.3 is 10.0 Å². The van der Waals surface area contributed by atoms with Crippen molar-refractivity contribution in [1.29, 1.82) is 0 Å². The topological polar surface area (TPSA) is 23.5 Å². The van der Waals surface area contributed by atoms with E-state index in [1.54, 1.807) is 0 Å². The molecule has 0 fully saturated rings. The van der Waals surface area contributed by atoms with Crippen LogP contribution in [0.4, 0.5) is 0 Å². The van der Waals surface area contributed by atoms with Gasteiger partial charge in [-0.15, -0.1) is 0 Å². The van der Waals surface area contributed by atoms with E-state index in [0.29, 0.717) is 0 Å². The van der Waals surface area contributed by atoms with Crippen molar-refractivity contribution in [3.8, 4) is 0 Å². The lowest BCUT2D eigenvalue weighted by Crippen LogP contribution is -2.36. The predicted octanol–water partition coefficient (Wildman–Crippen LogP) is 5.82. The summed E-state index contributed by atoms with van der Waals surface area (Å²) in [6, 6.07) is 38.9. The minimum absolute atomic E-state index is 0.269. The molecule has 0 bridgehead atoms. The van der Waals surface area contributed by atoms with Gasteiger partial charge in [-0.2, -0.15) is 0 Å². The minimum atomic E-state index is -1.23. The molecule has 0 saturated carbocycles. The molecule has 0 aliphatic rings. The second-order valence-electron chi connectivity index (χ2n) is 8.28. The Morgan fingerprint density at radius 1 is 0.645 bits per heavy atom. The van der Waals surface area contributed by atoms with Crippen LogP contribution in [0.25, 0.3) is 0 Å². The van der Waals surface area contributed by atoms with E-state index in [1.807, 2.05) is 78.9 Å². The third-order valence-corrected chi connectivity index (χ3v) is 5.83. The van der Waals surface area contributed by atoms with Crippen molar-refractivity contribution in [2.45, 2.75) is 18.1 Å². The van der Waals surface area contributed by atoms with Gasteiger partial charge in [-0.25, -0.2) is 0 Å². The van der Waals surface area contributed by atoms with Gasteiger partial charge in [-0.1, -0.05) is 115 Å². The number of benzene rings is 4. The second kappa shape index (κ2) is 9.30. The predicted molar refractivity (Wildman–Crippen MR) is 128 cm³/mol. The lowest BCUT2D eigenvalue weighted by Gasteiger charge is -2.39. The maximum absolute atomic E-state index is 12.7. The summed E-state index contributed by atoms with van der Waals surface area (Å²) < 4.78 is 0. The van der Waals surface area contributed by atoms with E-state index in [-0.39, 0.29) is 5.92 Å². The van der Waals surface area contributed by atoms with Crippen LogP contribution in [-0.2, 0) is 12.1 Å². The maximum atomic E-state index is 12.7. The highest BCUT2D eigenvalue weighted by Gasteiger charge is 2.42. The SMILES string of the molecule is CN(C)Cc1ccccc1C(c1ccccc1)C(O)(c1ccccc1)c1ccccc1. The summed E-state index contributed by atoms with van der Waals surface area (Å²) >= 11 is 0. The van der Waals surface area contributed by atoms with E-state index in [2.05, 4.69) is 55.4 Å². The summed E-state index contributed by atoms with van der Waals surface area (Å²) in [5.74, 6) is -0.269. The maximum Gasteiger partial charge on any atom is 0.125 e. The Hall–Kier alpha value is -3.20. The van der Waals surface area contributed by atoms with Crippen molar-refractivity contribution in [2.75, 3.05) is 14.1 Å². The Bertz CT molecular complexity index is 1050. The van der Waals surface area contributed by atoms with Crippen molar-refractivity contribution >= 4 is 0 Å². The Morgan fingerprint density at radius 3 is 1.61 bits per heavy atom. The molecule has 0 aliphatic heterocycles. The fourth-order valence-electron chi connectivity index (χ4n) is 4.48. The first kappa shape index (κ1) is 21.0. The molecular weight excluding hydrogens is 378 g/mol. The van der Waals surface area contributed by atoms with Crippen LogP contribution in [0.5, 0.6) is 0 Å². The van der Waals surface area contributed by atoms with Gasteiger partial charge in [-0.05, 0) is 41.9 Å². The highest BCUT2D eigenvalue weighted by molar-refractivity contribution is 5.49. The largest absolute Gasteiger partial charge is 0.379 e. The summed E-state index contributed by atoms with van der Waals surface area (Å²) in [4.78, 5) is 2.17. The molecule has 1 N–H and O–H groups in total. The van der Waals surface area contributed by atoms with Crippen molar-refractivity contribution in [1.82, 2.24) is 4.90 Å². The molecule has 0 aromatic heterocycles. The van der Waals surface area contributed by atoms with Crippen molar-refractivity contribution in [3.05, 3.63) is 143 Å². The van der Waals surface area contributed by atoms with E-state index < -0.39 is 5.60 Å². The molecule has 4 aromatic carbocycles. The second-order valence-corrected chi connectivity index (χ2v) is 8.28. The minimum Gasteiger partial charge on any atom is -0.379 e. The number of rotatable bonds is 7. The van der Waals surface area contributed by atoms with Gasteiger partial charge >= 0.3 is 0 Å². The lowest BCUT2D eigenvalue weighted by atomic mass is 9.69. The molecule has 1 atom stereocenters. The Kier molecular flexibility index (Phi) is 6.31. The molecule has 4 rings (SSSR count). The number of hydrogen-bond acceptors (Lipinski definition) is 2. The van der Waals surface area contributed by atoms with Crippen LogP contribution >= 0.6 is 0 Å². The van der Waals surface area contributed by atoms with E-state index in [4.69, 9.17) is 0 Å². The van der Waals surface area contributed by atoms with E-state index in [9.17, 15) is 5.11 Å². The van der Waals surface area contributed by atoms with Crippen LogP contribution in [0.2, 0.25) is 0 Å². The summed E-state index contributed by atoms with van der Waals surface area (Å²) in [6.45, 7) is 0.805. The highest BCUT2D eigenvalue weighted by atomic mass is 16.3. The number of hydrogen-bond donors (Lipinski definition) is 1. The first-order valence-corrected chi connectivity index (χ1v) is 10.7. The monoisotopic (exact) mass is 407 g/mol. The van der Waals surface area contributed by atoms with Gasteiger partial charge in [0.2, 0.25) is 0 Å². The molecule has 0 radical (unpaired) electrons. The molecule has 0 spiro atoms. The molecule has 4 aromatic rings. The Labute approximate surface area is 185 Å². The van der Waals surface area contributed by atoms with Crippen molar-refractivity contribution < 1.29 is 5.11 Å². The van der Waals surface area contributed by atoms with E-state index in [1.165, 1.54) is 5.56 Å². The molecule has 31 heavy (non-hydrogen) atoms. The van der Waals surface area contributed by atoms with Crippen molar-refractivity contribution in [2.24, 2.45) is 0 Å². The molecule has 0 saturated heterocycles. The van der Waals surface area contributed by atoms with Crippen LogP contribution in [-0.4, -0.2) is 24.1 Å². The van der Waals surface area contributed by atoms with Gasteiger partial charge in [0.1, 0.15) is 5.60 Å². The van der Waals surface area contributed by atoms with Gasteiger partial charge in [-0.3, -0.25) is 0 Å². The summed E-state index contributed by atoms with van der Waals surface area (Å²) in [5, 5.41) is 12.7. The van der Waals surface area contributed by atoms with Crippen LogP contribution < -0.4 is 0 Å². The van der Waals surface area contributed by atoms with Gasteiger partial charge in [0.25, 0.3) is 0 Å². The Balaban J connectivity index is 2.03. The zero-order valence-corrected chi connectivity index (χ0v) is 18.1. The molecule has 2 nitrogen and oxygen atoms in total. The summed E-state index contributed by atoms with van der Waals surface area (Å²) in [6.07, 6.45) is 0. The zero-order chi connectivity index (χ0) is 21.7. The standard InChI is InChI=1S/C29H29NO/c1-30(2)22-24-16-12-13-21-27(24)28(23-14-6-3-7-15-23)29(31,25-17-8-4-9-18-25)26-19-10-5-11-20-26/h3-21,28,31H,22H2,1-2H3. The van der Waals surface area contributed by atoms with Crippen molar-refractivity contribution in [3.63, 3.8) is 0 Å². The zero-order valence-electron chi connectivity index (χ0n) is 18.1. The average molecular weight is 408 g/mol. The number of aliphatic hydroxyl groups is 1. The molecule has 1 unspecified atom stereocenters. The molecule has 2 heteroatoms. The third kappa shape index (κ3) is 4.32. The quantitative estimate of drug-likeness (QED) is 0.417. The van der Waals surface area contributed by atoms with E-state index >= 15 is 0 Å². The normalized spacial score (nSPS) is 12.6. The lowest BCUT2D eigenvalue weighted by molar-refractivity contribution is 0.0620. The number of nitrogens with zero attached hydrogens (tertiary/aromatic N) is 1. The fourth-order valence-corrected chi connectivity index (χ4v) is 4.48. The smallest absolute Gasteiger partial charge is 0.125 e. The summed E-state index contributed by atoms with van der Waals surface area (Å²) in [7, 11) is 4.16. The highest BCUT2D eigenvalue weighted by Crippen LogP contribution is 2.47. The van der Waals surface area contributed by atoms with Gasteiger partial charge in [0.15, 0.2) is 0 Å². The molecular formula is C29H29NO. The average Bonchev–Trinajstić information content (AvgIpc) is 2.82. The van der Waals surface area contributed by atoms with E-state index in [0.717, 1.165) is 28.8 Å². The van der Waals surface area contributed by atoms with Crippen LogP contribution in [0.3, 0.4) is 0 Å². The van der Waals surface area contributed by atoms with Crippen LogP contribution in [0, 0.1) is 0 Å². The van der Waals surface area contributed by atoms with Gasteiger partial charge in [0.05, 0.1) is 0 Å². The first-order chi connectivity index (χ1) is 15.1.